The molecule has 2 heterocycles. The summed E-state index contributed by atoms with van der Waals surface area (Å²) in [6.07, 6.45) is 1.39. The van der Waals surface area contributed by atoms with Gasteiger partial charge in [-0.2, -0.15) is 0 Å². The van der Waals surface area contributed by atoms with E-state index in [4.69, 9.17) is 10.5 Å². The van der Waals surface area contributed by atoms with Crippen molar-refractivity contribution in [2.24, 2.45) is 5.73 Å². The Morgan fingerprint density at radius 1 is 1.32 bits per heavy atom. The number of hydrogen-bond acceptors (Lipinski definition) is 5. The summed E-state index contributed by atoms with van der Waals surface area (Å²) < 4.78 is 51.0. The highest BCUT2D eigenvalue weighted by Crippen LogP contribution is 2.50. The van der Waals surface area contributed by atoms with Crippen LogP contribution in [0.15, 0.2) is 21.7 Å². The number of thiophene rings is 1. The van der Waals surface area contributed by atoms with Crippen LogP contribution in [0.4, 0.5) is 13.2 Å². The molecule has 1 saturated carbocycles. The van der Waals surface area contributed by atoms with E-state index in [-0.39, 0.29) is 47.6 Å². The van der Waals surface area contributed by atoms with E-state index in [1.807, 2.05) is 0 Å². The molecule has 0 amide bonds. The molecule has 0 spiro atoms. The molecule has 0 bridgehead atoms. The molecule has 0 radical (unpaired) electrons. The first-order valence-electron chi connectivity index (χ1n) is 10.0. The van der Waals surface area contributed by atoms with Crippen LogP contribution in [0.5, 0.6) is 5.75 Å². The standard InChI is InChI=1S/C21H20F3N3O3S/c1-30-18-16(15-7-10-12(8-25)21(23,24)5-4-14(10)31-15)13(22)6-11-17(18)27(9-2-3-9)20(29)26-19(11)28/h6-7,9,12H,2-5,8,25H2,1H3,(H,26,28,29). The molecule has 164 valence electrons. The number of rotatable bonds is 4. The predicted molar refractivity (Wildman–Crippen MR) is 112 cm³/mol. The van der Waals surface area contributed by atoms with Crippen LogP contribution in [-0.2, 0) is 6.42 Å². The number of halogens is 3. The van der Waals surface area contributed by atoms with Crippen LogP contribution in [0.3, 0.4) is 0 Å². The Kier molecular flexibility index (Phi) is 4.56. The maximum atomic E-state index is 15.3. The summed E-state index contributed by atoms with van der Waals surface area (Å²) in [5, 5.41) is 0.0114. The topological polar surface area (TPSA) is 90.1 Å². The van der Waals surface area contributed by atoms with Gasteiger partial charge in [0.15, 0.2) is 5.75 Å². The first-order chi connectivity index (χ1) is 14.8. The number of aromatic nitrogens is 2. The Bertz CT molecular complexity index is 1320. The number of aromatic amines is 1. The van der Waals surface area contributed by atoms with Gasteiger partial charge in [0.1, 0.15) is 11.3 Å². The molecule has 5 rings (SSSR count). The molecule has 31 heavy (non-hydrogen) atoms. The lowest BCUT2D eigenvalue weighted by Crippen LogP contribution is -2.35. The molecule has 1 unspecified atom stereocenters. The predicted octanol–water partition coefficient (Wildman–Crippen LogP) is 3.52. The maximum absolute atomic E-state index is 15.3. The first kappa shape index (κ1) is 20.3. The van der Waals surface area contributed by atoms with E-state index in [1.54, 1.807) is 6.07 Å². The average Bonchev–Trinajstić information content (AvgIpc) is 3.45. The smallest absolute Gasteiger partial charge is 0.329 e. The molecule has 2 aliphatic carbocycles. The molecular weight excluding hydrogens is 431 g/mol. The maximum Gasteiger partial charge on any atom is 0.329 e. The summed E-state index contributed by atoms with van der Waals surface area (Å²) in [5.41, 5.74) is 5.07. The van der Waals surface area contributed by atoms with Gasteiger partial charge in [-0.25, -0.2) is 18.0 Å². The molecule has 3 aromatic rings. The number of ether oxygens (including phenoxy) is 1. The van der Waals surface area contributed by atoms with Crippen molar-refractivity contribution in [3.05, 3.63) is 49.2 Å². The van der Waals surface area contributed by atoms with Gasteiger partial charge in [-0.3, -0.25) is 14.3 Å². The Balaban J connectivity index is 1.80. The lowest BCUT2D eigenvalue weighted by Gasteiger charge is -2.30. The Morgan fingerprint density at radius 3 is 2.71 bits per heavy atom. The van der Waals surface area contributed by atoms with E-state index in [2.05, 4.69) is 4.98 Å². The number of nitrogens with two attached hydrogens (primary N) is 1. The van der Waals surface area contributed by atoms with Gasteiger partial charge in [0.25, 0.3) is 11.5 Å². The fourth-order valence-electron chi connectivity index (χ4n) is 4.50. The number of aryl methyl sites for hydroxylation is 1. The van der Waals surface area contributed by atoms with Crippen LogP contribution in [0.1, 0.15) is 41.7 Å². The van der Waals surface area contributed by atoms with Gasteiger partial charge in [0.2, 0.25) is 0 Å². The second-order valence-corrected chi connectivity index (χ2v) is 9.20. The van der Waals surface area contributed by atoms with Gasteiger partial charge in [-0.1, -0.05) is 0 Å². The summed E-state index contributed by atoms with van der Waals surface area (Å²) in [4.78, 5) is 28.3. The number of benzene rings is 1. The van der Waals surface area contributed by atoms with Crippen LogP contribution in [0.25, 0.3) is 21.3 Å². The molecule has 1 atom stereocenters. The number of hydrogen-bond donors (Lipinski definition) is 2. The lowest BCUT2D eigenvalue weighted by atomic mass is 9.84. The Morgan fingerprint density at radius 2 is 2.06 bits per heavy atom. The molecule has 2 aliphatic rings. The van der Waals surface area contributed by atoms with E-state index in [9.17, 15) is 18.4 Å². The molecule has 1 fully saturated rings. The fraction of sp³-hybridized carbons (Fsp3) is 0.429. The van der Waals surface area contributed by atoms with E-state index in [0.717, 1.165) is 23.8 Å². The second kappa shape index (κ2) is 6.96. The summed E-state index contributed by atoms with van der Waals surface area (Å²) >= 11 is 1.22. The molecule has 10 heteroatoms. The van der Waals surface area contributed by atoms with Crippen molar-refractivity contribution in [1.82, 2.24) is 9.55 Å². The van der Waals surface area contributed by atoms with E-state index in [0.29, 0.717) is 10.4 Å². The molecule has 6 nitrogen and oxygen atoms in total. The van der Waals surface area contributed by atoms with Crippen molar-refractivity contribution in [3.8, 4) is 16.2 Å². The molecular formula is C21H20F3N3O3S. The van der Waals surface area contributed by atoms with Gasteiger partial charge < -0.3 is 10.5 Å². The van der Waals surface area contributed by atoms with Crippen LogP contribution in [0, 0.1) is 5.82 Å². The number of fused-ring (bicyclic) bond motifs is 2. The third kappa shape index (κ3) is 3.03. The molecule has 0 aliphatic heterocycles. The quantitative estimate of drug-likeness (QED) is 0.635. The van der Waals surface area contributed by atoms with Crippen molar-refractivity contribution in [2.75, 3.05) is 13.7 Å². The minimum Gasteiger partial charge on any atom is -0.494 e. The van der Waals surface area contributed by atoms with Crippen molar-refractivity contribution in [1.29, 1.82) is 0 Å². The van der Waals surface area contributed by atoms with Gasteiger partial charge in [0, 0.05) is 28.8 Å². The van der Waals surface area contributed by atoms with Crippen molar-refractivity contribution < 1.29 is 17.9 Å². The fourth-order valence-corrected chi connectivity index (χ4v) is 5.77. The monoisotopic (exact) mass is 451 g/mol. The number of alkyl halides is 2. The second-order valence-electron chi connectivity index (χ2n) is 8.06. The largest absolute Gasteiger partial charge is 0.494 e. The van der Waals surface area contributed by atoms with Crippen molar-refractivity contribution >= 4 is 22.2 Å². The normalized spacial score (nSPS) is 20.1. The molecule has 1 aromatic carbocycles. The van der Waals surface area contributed by atoms with Gasteiger partial charge in [-0.05, 0) is 37.0 Å². The SMILES string of the molecule is COc1c(-c2cc3c(s2)CCC(F)(F)C3CN)c(F)cc2c(=O)[nH]c(=O)n(C3CC3)c12. The number of methoxy groups -OCH3 is 1. The van der Waals surface area contributed by atoms with Crippen LogP contribution in [-0.4, -0.2) is 29.1 Å². The number of nitrogens with zero attached hydrogens (tertiary/aromatic N) is 1. The van der Waals surface area contributed by atoms with Crippen molar-refractivity contribution in [3.63, 3.8) is 0 Å². The highest BCUT2D eigenvalue weighted by molar-refractivity contribution is 7.15. The molecule has 3 N–H and O–H groups in total. The third-order valence-corrected chi connectivity index (χ3v) is 7.37. The van der Waals surface area contributed by atoms with Crippen LogP contribution >= 0.6 is 11.3 Å². The van der Waals surface area contributed by atoms with Crippen LogP contribution in [0.2, 0.25) is 0 Å². The summed E-state index contributed by atoms with van der Waals surface area (Å²) in [6.45, 7) is -0.218. The van der Waals surface area contributed by atoms with Crippen molar-refractivity contribution in [2.45, 2.75) is 43.6 Å². The highest BCUT2D eigenvalue weighted by atomic mass is 32.1. The Hall–Kier alpha value is -2.59. The molecule has 2 aromatic heterocycles. The minimum atomic E-state index is -2.92. The zero-order valence-electron chi connectivity index (χ0n) is 16.6. The minimum absolute atomic E-state index is 0.0114. The highest BCUT2D eigenvalue weighted by Gasteiger charge is 2.44. The zero-order chi connectivity index (χ0) is 22.1. The number of H-pyrrole nitrogens is 1. The first-order valence-corrected chi connectivity index (χ1v) is 10.8. The number of nitrogens with one attached hydrogen (secondary N) is 1. The summed E-state index contributed by atoms with van der Waals surface area (Å²) in [5.74, 6) is -4.72. The lowest BCUT2D eigenvalue weighted by molar-refractivity contribution is -0.0381. The average molecular weight is 451 g/mol. The van der Waals surface area contributed by atoms with E-state index in [1.165, 1.54) is 23.0 Å². The van der Waals surface area contributed by atoms with Gasteiger partial charge >= 0.3 is 5.69 Å². The Labute approximate surface area is 178 Å². The summed E-state index contributed by atoms with van der Waals surface area (Å²) in [7, 11) is 1.34. The third-order valence-electron chi connectivity index (χ3n) is 6.14. The van der Waals surface area contributed by atoms with Gasteiger partial charge in [-0.15, -0.1) is 11.3 Å². The summed E-state index contributed by atoms with van der Waals surface area (Å²) in [6, 6.07) is 2.53. The van der Waals surface area contributed by atoms with E-state index >= 15 is 4.39 Å². The van der Waals surface area contributed by atoms with Gasteiger partial charge in [0.05, 0.1) is 24.0 Å². The van der Waals surface area contributed by atoms with Crippen LogP contribution < -0.4 is 21.7 Å². The molecule has 0 saturated heterocycles. The zero-order valence-corrected chi connectivity index (χ0v) is 17.5. The van der Waals surface area contributed by atoms with E-state index < -0.39 is 28.9 Å².